The van der Waals surface area contributed by atoms with E-state index in [1.807, 2.05) is 34.9 Å². The zero-order chi connectivity index (χ0) is 53.1. The van der Waals surface area contributed by atoms with Crippen molar-refractivity contribution in [3.63, 3.8) is 0 Å². The molecule has 0 saturated carbocycles. The van der Waals surface area contributed by atoms with Crippen LogP contribution in [0.5, 0.6) is 0 Å². The molecule has 0 unspecified atom stereocenters. The zero-order valence-electron chi connectivity index (χ0n) is 43.7. The van der Waals surface area contributed by atoms with E-state index in [2.05, 4.69) is 299 Å². The van der Waals surface area contributed by atoms with Gasteiger partial charge in [0.1, 0.15) is 0 Å². The molecule has 0 radical (unpaired) electrons. The zero-order valence-corrected chi connectivity index (χ0v) is 46.2. The van der Waals surface area contributed by atoms with E-state index in [0.717, 1.165) is 39.8 Å². The summed E-state index contributed by atoms with van der Waals surface area (Å²) < 4.78 is 2.56. The summed E-state index contributed by atoms with van der Waals surface area (Å²) in [5, 5.41) is 2.54. The van der Waals surface area contributed by atoms with Gasteiger partial charge in [-0.1, -0.05) is 192 Å². The van der Waals surface area contributed by atoms with Crippen LogP contribution in [0.1, 0.15) is 0 Å². The maximum Gasteiger partial charge on any atom is 0.252 e. The molecule has 12 aromatic carbocycles. The van der Waals surface area contributed by atoms with Gasteiger partial charge in [-0.2, -0.15) is 0 Å². The van der Waals surface area contributed by atoms with Gasteiger partial charge in [0.15, 0.2) is 0 Å². The molecule has 0 atom stereocenters. The number of thiophene rings is 1. The van der Waals surface area contributed by atoms with Crippen molar-refractivity contribution in [2.75, 3.05) is 19.6 Å². The van der Waals surface area contributed by atoms with Crippen LogP contribution in [0, 0.1) is 0 Å². The first-order valence-corrected chi connectivity index (χ1v) is 30.1. The maximum absolute atomic E-state index is 2.66. The van der Waals surface area contributed by atoms with Crippen molar-refractivity contribution in [3.8, 4) is 0 Å². The predicted octanol–water partition coefficient (Wildman–Crippen LogP) is 16.5. The molecule has 0 aliphatic carbocycles. The lowest BCUT2D eigenvalue weighted by Gasteiger charge is -2.46. The van der Waals surface area contributed by atoms with Gasteiger partial charge in [-0.25, -0.2) is 0 Å². The minimum atomic E-state index is -0.0937. The van der Waals surface area contributed by atoms with Gasteiger partial charge in [0.05, 0.1) is 11.4 Å². The Morgan fingerprint density at radius 1 is 0.284 bits per heavy atom. The molecule has 81 heavy (non-hydrogen) atoms. The predicted molar refractivity (Wildman–Crippen MR) is 349 cm³/mol. The lowest BCUT2D eigenvalue weighted by Crippen LogP contribution is -2.64. The fourth-order valence-corrected chi connectivity index (χ4v) is 17.0. The van der Waals surface area contributed by atoms with E-state index in [4.69, 9.17) is 0 Å². The summed E-state index contributed by atoms with van der Waals surface area (Å²) in [6.07, 6.45) is 0. The molecule has 0 spiro atoms. The Balaban J connectivity index is 0.974. The molecule has 1 aromatic heterocycles. The molecule has 0 fully saturated rings. The van der Waals surface area contributed by atoms with Gasteiger partial charge >= 0.3 is 0 Å². The van der Waals surface area contributed by atoms with E-state index >= 15 is 0 Å². The Labute approximate surface area is 484 Å². The molecule has 13 aromatic rings. The first kappa shape index (κ1) is 46.8. The summed E-state index contributed by atoms with van der Waals surface area (Å²) in [7, 11) is 0. The van der Waals surface area contributed by atoms with Crippen LogP contribution in [0.25, 0.3) is 20.2 Å². The molecular weight excluding hydrogens is 1040 g/mol. The highest BCUT2D eigenvalue weighted by molar-refractivity contribution is 8.01. The Hall–Kier alpha value is -9.11. The van der Waals surface area contributed by atoms with Crippen LogP contribution in [0.3, 0.4) is 0 Å². The maximum atomic E-state index is 2.66. The van der Waals surface area contributed by atoms with Crippen molar-refractivity contribution in [1.82, 2.24) is 0 Å². The molecule has 0 amide bonds. The van der Waals surface area contributed by atoms with Crippen molar-refractivity contribution in [2.24, 2.45) is 0 Å². The third-order valence-electron chi connectivity index (χ3n) is 16.7. The number of hydrogen-bond acceptors (Lipinski definition) is 7. The third kappa shape index (κ3) is 7.35. The molecule has 4 aliphatic heterocycles. The summed E-state index contributed by atoms with van der Waals surface area (Å²) in [4.78, 5) is 15.2. The van der Waals surface area contributed by atoms with Gasteiger partial charge in [0.25, 0.3) is 6.71 Å². The molecule has 9 heteroatoms. The monoisotopic (exact) mass is 1080 g/mol. The van der Waals surface area contributed by atoms with E-state index in [-0.39, 0.29) is 13.4 Å². The van der Waals surface area contributed by atoms with Gasteiger partial charge in [-0.3, -0.25) is 0 Å². The van der Waals surface area contributed by atoms with Gasteiger partial charge < -0.3 is 19.6 Å². The van der Waals surface area contributed by atoms with E-state index < -0.39 is 0 Å². The van der Waals surface area contributed by atoms with E-state index in [0.29, 0.717) is 0 Å². The number of anilines is 12. The topological polar surface area (TPSA) is 13.0 Å². The summed E-state index contributed by atoms with van der Waals surface area (Å²) in [5.74, 6) is 0. The molecule has 0 bridgehead atoms. The minimum absolute atomic E-state index is 0.0239. The van der Waals surface area contributed by atoms with Crippen LogP contribution in [-0.2, 0) is 0 Å². The highest BCUT2D eigenvalue weighted by Crippen LogP contribution is 2.52. The number of para-hydroxylation sites is 6. The standard InChI is InChI=1S/C72H46B2N4S3/c1-6-23-47(24-7-1)75(48-25-8-2-9-26-48)52-41-62-71-63(42-52)78(60-37-22-40-66-70(60)54-33-16-20-38-64(54)79-66)61-46-67-58(45-57(61)73(71)55-34-17-19-36-59(55)77(62)51-31-14-5-15-32-51)74-56-35-18-21-39-65(56)80-68-43-53(44-69(81-67)72(68)74)76(49-27-10-3-11-28-49)50-29-12-4-13-30-50/h1-46H. The Kier molecular flexibility index (Phi) is 10.8. The second kappa shape index (κ2) is 18.8. The van der Waals surface area contributed by atoms with Gasteiger partial charge in [-0.05, 0) is 143 Å². The summed E-state index contributed by atoms with van der Waals surface area (Å²) >= 11 is 5.73. The number of benzene rings is 12. The normalized spacial score (nSPS) is 13.2. The summed E-state index contributed by atoms with van der Waals surface area (Å²) in [6, 6.07) is 104. The average molecular weight is 1090 g/mol. The van der Waals surface area contributed by atoms with Crippen molar-refractivity contribution >= 4 is 169 Å². The van der Waals surface area contributed by atoms with Crippen LogP contribution in [-0.4, -0.2) is 13.4 Å². The van der Waals surface area contributed by atoms with E-state index in [1.165, 1.54) is 101 Å². The number of hydrogen-bond donors (Lipinski definition) is 0. The smallest absolute Gasteiger partial charge is 0.252 e. The van der Waals surface area contributed by atoms with Gasteiger partial charge in [0.2, 0.25) is 6.71 Å². The van der Waals surface area contributed by atoms with E-state index in [1.54, 1.807) is 0 Å². The number of nitrogens with zero attached hydrogens (tertiary/aromatic N) is 4. The van der Waals surface area contributed by atoms with Crippen LogP contribution >= 0.6 is 34.9 Å². The SMILES string of the molecule is c1ccc(N(c2ccccc2)c2cc3c4c(c2)Sc2cc5c(cc2B4c2ccccc2S3)B2c3ccccc3N(c3ccccc3)c3cc(N(c4ccccc4)c4ccccc4)cc(c32)N5c2cccc3sc4ccccc4c23)cc1. The van der Waals surface area contributed by atoms with Crippen molar-refractivity contribution in [2.45, 2.75) is 19.6 Å². The summed E-state index contributed by atoms with van der Waals surface area (Å²) in [6.45, 7) is -0.0697. The first-order valence-electron chi connectivity index (χ1n) is 27.6. The number of rotatable bonds is 8. The van der Waals surface area contributed by atoms with Gasteiger partial charge in [-0.15, -0.1) is 11.3 Å². The first-order chi connectivity index (χ1) is 40.2. The van der Waals surface area contributed by atoms with E-state index in [9.17, 15) is 0 Å². The summed E-state index contributed by atoms with van der Waals surface area (Å²) in [5.41, 5.74) is 21.7. The van der Waals surface area contributed by atoms with Gasteiger partial charge in [0, 0.05) is 96.6 Å². The molecule has 378 valence electrons. The third-order valence-corrected chi connectivity index (χ3v) is 20.1. The largest absolute Gasteiger partial charge is 0.311 e. The lowest BCUT2D eigenvalue weighted by molar-refractivity contribution is 1.22. The highest BCUT2D eigenvalue weighted by Gasteiger charge is 2.47. The highest BCUT2D eigenvalue weighted by atomic mass is 32.2. The minimum Gasteiger partial charge on any atom is -0.311 e. The molecule has 17 rings (SSSR count). The van der Waals surface area contributed by atoms with Crippen LogP contribution in [0.2, 0.25) is 0 Å². The fourth-order valence-electron chi connectivity index (χ4n) is 13.4. The number of fused-ring (bicyclic) bond motifs is 11. The Bertz CT molecular complexity index is 4560. The second-order valence-electron chi connectivity index (χ2n) is 21.1. The van der Waals surface area contributed by atoms with Crippen LogP contribution in [0.15, 0.2) is 299 Å². The molecular formula is C72H46B2N4S3. The van der Waals surface area contributed by atoms with Crippen molar-refractivity contribution in [1.29, 1.82) is 0 Å². The van der Waals surface area contributed by atoms with Crippen molar-refractivity contribution in [3.05, 3.63) is 279 Å². The molecule has 0 saturated heterocycles. The molecule has 4 aliphatic rings. The Morgan fingerprint density at radius 3 is 1.43 bits per heavy atom. The van der Waals surface area contributed by atoms with Crippen LogP contribution < -0.4 is 52.4 Å². The molecule has 0 N–H and O–H groups in total. The quantitative estimate of drug-likeness (QED) is 0.140. The van der Waals surface area contributed by atoms with Crippen LogP contribution in [0.4, 0.5) is 68.2 Å². The molecule has 4 nitrogen and oxygen atoms in total. The average Bonchev–Trinajstić information content (AvgIpc) is 4.05. The Morgan fingerprint density at radius 2 is 0.778 bits per heavy atom. The molecule has 5 heterocycles. The lowest BCUT2D eigenvalue weighted by atomic mass is 9.31. The second-order valence-corrected chi connectivity index (χ2v) is 24.4. The fraction of sp³-hybridized carbons (Fsp3) is 0. The van der Waals surface area contributed by atoms with Crippen molar-refractivity contribution < 1.29 is 0 Å².